The summed E-state index contributed by atoms with van der Waals surface area (Å²) in [4.78, 5) is 0. The van der Waals surface area contributed by atoms with Crippen LogP contribution in [-0.4, -0.2) is 45.8 Å². The number of hydrogen-bond donors (Lipinski definition) is 7. The van der Waals surface area contributed by atoms with E-state index < -0.39 is 0 Å². The molecule has 15 heteroatoms. The van der Waals surface area contributed by atoms with Crippen molar-refractivity contribution in [2.75, 3.05) is 45.8 Å². The average Bonchev–Trinajstić information content (AvgIpc) is 1.62. The summed E-state index contributed by atoms with van der Waals surface area (Å²) in [5.74, 6) is -0.217. The lowest BCUT2D eigenvalue weighted by molar-refractivity contribution is 0.596. The van der Waals surface area contributed by atoms with Crippen LogP contribution in [0.5, 0.6) is 0 Å². The zero-order chi connectivity index (χ0) is 93.6. The van der Waals surface area contributed by atoms with Gasteiger partial charge in [-0.1, -0.05) is 231 Å². The lowest BCUT2D eigenvalue weighted by Crippen LogP contribution is -2.11. The van der Waals surface area contributed by atoms with E-state index in [0.717, 1.165) is 162 Å². The van der Waals surface area contributed by atoms with Gasteiger partial charge in [-0.05, 0) is 396 Å². The quantitative estimate of drug-likeness (QED) is 0.0529. The topological polar surface area (TPSA) is 182 Å². The van der Waals surface area contributed by atoms with E-state index in [1.165, 1.54) is 109 Å². The van der Waals surface area contributed by atoms with Crippen molar-refractivity contribution in [2.45, 2.75) is 163 Å². The van der Waals surface area contributed by atoms with E-state index in [1.807, 2.05) is 48.5 Å². The zero-order valence-corrected chi connectivity index (χ0v) is 76.4. The van der Waals surface area contributed by atoms with Gasteiger partial charge in [-0.2, -0.15) is 0 Å². The lowest BCUT2D eigenvalue weighted by atomic mass is 9.85. The fourth-order valence-electron chi connectivity index (χ4n) is 21.8. The van der Waals surface area contributed by atoms with Crippen LogP contribution in [-0.2, 0) is 77.0 Å². The van der Waals surface area contributed by atoms with Gasteiger partial charge in [0.05, 0.1) is 0 Å². The van der Waals surface area contributed by atoms with E-state index in [4.69, 9.17) is 40.1 Å². The van der Waals surface area contributed by atoms with Crippen molar-refractivity contribution in [3.8, 4) is 0 Å². The summed E-state index contributed by atoms with van der Waals surface area (Å²) in [6.07, 6.45) is 20.5. The number of fused-ring (bicyclic) bond motifs is 14. The smallest absolute Gasteiger partial charge is 0.126 e. The first-order valence-electron chi connectivity index (χ1n) is 47.8. The van der Waals surface area contributed by atoms with Crippen molar-refractivity contribution in [1.29, 1.82) is 0 Å². The summed E-state index contributed by atoms with van der Waals surface area (Å²) in [7, 11) is 0. The summed E-state index contributed by atoms with van der Waals surface area (Å²) < 4.78 is 111. The predicted molar refractivity (Wildman–Crippen MR) is 532 cm³/mol. The fourth-order valence-corrected chi connectivity index (χ4v) is 21.8. The first kappa shape index (κ1) is 96.6. The van der Waals surface area contributed by atoms with Gasteiger partial charge in [0.1, 0.15) is 46.5 Å². The monoisotopic (exact) mass is 1800 g/mol. The molecule has 14 aromatic rings. The van der Waals surface area contributed by atoms with Crippen LogP contribution in [0.4, 0.5) is 35.1 Å². The van der Waals surface area contributed by atoms with Crippen molar-refractivity contribution < 1.29 is 35.1 Å². The molecular formula is C119H123F8N7. The highest BCUT2D eigenvalue weighted by Crippen LogP contribution is 2.45. The normalized spacial score (nSPS) is 15.7. The van der Waals surface area contributed by atoms with Gasteiger partial charge in [-0.3, -0.25) is 0 Å². The molecule has 0 bridgehead atoms. The Balaban J connectivity index is 0.000000119. The summed E-state index contributed by atoms with van der Waals surface area (Å²) in [6.45, 7) is 4.19. The van der Waals surface area contributed by atoms with Crippen LogP contribution in [0.1, 0.15) is 242 Å². The molecule has 0 fully saturated rings. The summed E-state index contributed by atoms with van der Waals surface area (Å²) >= 11 is 0. The Morgan fingerprint density at radius 3 is 0.619 bits per heavy atom. The van der Waals surface area contributed by atoms with Crippen LogP contribution in [0, 0.1) is 46.5 Å². The van der Waals surface area contributed by atoms with E-state index >= 15 is 0 Å². The molecule has 21 rings (SSSR count). The Morgan fingerprint density at radius 2 is 0.351 bits per heavy atom. The first-order chi connectivity index (χ1) is 65.5. The van der Waals surface area contributed by atoms with Gasteiger partial charge >= 0.3 is 0 Å². The van der Waals surface area contributed by atoms with Crippen LogP contribution < -0.4 is 40.1 Å². The van der Waals surface area contributed by atoms with Crippen LogP contribution in [0.25, 0.3) is 12.2 Å². The van der Waals surface area contributed by atoms with Gasteiger partial charge in [-0.15, -0.1) is 0 Å². The maximum absolute atomic E-state index is 14.1. The van der Waals surface area contributed by atoms with E-state index in [2.05, 4.69) is 164 Å². The van der Waals surface area contributed by atoms with Crippen LogP contribution in [0.2, 0.25) is 0 Å². The van der Waals surface area contributed by atoms with E-state index in [-0.39, 0.29) is 76.1 Å². The average molecular weight is 1800 g/mol. The van der Waals surface area contributed by atoms with Crippen molar-refractivity contribution >= 4 is 12.2 Å². The molecule has 0 amide bonds. The molecular weight excluding hydrogens is 1680 g/mol. The van der Waals surface area contributed by atoms with Gasteiger partial charge in [0, 0.05) is 41.4 Å². The molecule has 0 radical (unpaired) electrons. The Labute approximate surface area is 785 Å². The number of hydrogen-bond acceptors (Lipinski definition) is 7. The van der Waals surface area contributed by atoms with Crippen molar-refractivity contribution in [3.63, 3.8) is 0 Å². The van der Waals surface area contributed by atoms with Gasteiger partial charge in [0.15, 0.2) is 0 Å². The largest absolute Gasteiger partial charge is 0.330 e. The maximum Gasteiger partial charge on any atom is 0.126 e. The number of halogens is 8. The molecule has 0 saturated heterocycles. The van der Waals surface area contributed by atoms with Gasteiger partial charge in [-0.25, -0.2) is 35.1 Å². The second-order valence-corrected chi connectivity index (χ2v) is 35.9. The molecule has 690 valence electrons. The van der Waals surface area contributed by atoms with Crippen LogP contribution in [0.3, 0.4) is 0 Å². The zero-order valence-electron chi connectivity index (χ0n) is 76.4. The van der Waals surface area contributed by atoms with Crippen molar-refractivity contribution in [2.24, 2.45) is 40.1 Å². The van der Waals surface area contributed by atoms with E-state index in [0.29, 0.717) is 101 Å². The third-order valence-electron chi connectivity index (χ3n) is 28.1. The van der Waals surface area contributed by atoms with E-state index in [9.17, 15) is 35.1 Å². The molecule has 3 atom stereocenters. The molecule has 0 saturated carbocycles. The van der Waals surface area contributed by atoms with Crippen LogP contribution >= 0.6 is 0 Å². The highest BCUT2D eigenvalue weighted by atomic mass is 19.2. The fraction of sp³-hybridized carbons (Fsp3) is 0.277. The van der Waals surface area contributed by atoms with Crippen molar-refractivity contribution in [1.82, 2.24) is 0 Å². The minimum absolute atomic E-state index is 0.0149. The molecule has 0 aromatic heterocycles. The first-order valence-corrected chi connectivity index (χ1v) is 47.8. The number of benzene rings is 14. The SMILES string of the molecule is NCCC1c2cc(F)ccc2CCc2c(F)cccc21.NCCC1c2cc(F)ccc2CCc2ccc(F)cc21.NCCC1c2cccc(F)c2CCc2c(F)cccc21.NCCC1c2ccccc2C=Cc2ccccc21.NCCC1c2ccccc2CCc2c(F)cccc21.NCCC1c2ccccc2CCc2ccc(F)cc21.NCCC1c2ccccc2CCc2ccccc21. The highest BCUT2D eigenvalue weighted by Gasteiger charge is 2.32. The van der Waals surface area contributed by atoms with Crippen molar-refractivity contribution in [3.05, 3.63) is 494 Å². The predicted octanol–water partition coefficient (Wildman–Crippen LogP) is 24.4. The molecule has 7 aliphatic rings. The highest BCUT2D eigenvalue weighted by molar-refractivity contribution is 5.76. The number of rotatable bonds is 14. The molecule has 7 aliphatic carbocycles. The molecule has 0 heterocycles. The molecule has 0 spiro atoms. The molecule has 134 heavy (non-hydrogen) atoms. The maximum atomic E-state index is 14.1. The third kappa shape index (κ3) is 22.6. The standard InChI is InChI=1S/3C17H17F2N.2C17H18FN.C17H19N.C17H17N/c18-16-5-1-3-11-13(9-10-20)12-4-2-6-17(19)15(12)8-7-14(11)16;18-13-5-3-11-1-2-12-4-6-14(19)10-17(12)15(7-8-20)16(11)9-13;18-12-6-4-11-5-7-15-13(2-1-3-17(15)19)14(8-9-20)16(11)10-12;18-17-7-3-6-14-15(10-11-19)13-5-2-1-4-12(13)8-9-16(14)17;18-14-8-7-13-6-5-12-3-1-2-4-15(12)16(9-10-19)17(13)11-14;2*18-12-11-17-15-7-3-1-5-13(15)9-10-14-6-2-4-8-16(14)17/h1-6,13H,7-10,20H2;3-6,9-10,15H,1-2,7-8,20H2;1-4,6,10,14H,5,7-9,20H2;1-7,15H,8-11,19H2;1-4,7-8,11,16H,5-6,9-10,19H2;1-8,17H,9-12,18H2;1-10,17H,11-12,18H2. The lowest BCUT2D eigenvalue weighted by Gasteiger charge is -2.20. The number of aryl methyl sites for hydroxylation is 8. The second-order valence-electron chi connectivity index (χ2n) is 35.9. The minimum atomic E-state index is -0.245. The van der Waals surface area contributed by atoms with E-state index in [1.54, 1.807) is 54.6 Å². The van der Waals surface area contributed by atoms with Gasteiger partial charge in [0.25, 0.3) is 0 Å². The Bertz CT molecular complexity index is 6080. The summed E-state index contributed by atoms with van der Waals surface area (Å²) in [5.41, 5.74) is 72.7. The summed E-state index contributed by atoms with van der Waals surface area (Å²) in [6, 6.07) is 92.6. The second kappa shape index (κ2) is 46.8. The van der Waals surface area contributed by atoms with Crippen LogP contribution in [0.15, 0.2) is 291 Å². The summed E-state index contributed by atoms with van der Waals surface area (Å²) in [5, 5.41) is 0. The molecule has 0 aliphatic heterocycles. The molecule has 3 unspecified atom stereocenters. The third-order valence-corrected chi connectivity index (χ3v) is 28.1. The Hall–Kier alpha value is -12.0. The van der Waals surface area contributed by atoms with Gasteiger partial charge < -0.3 is 40.1 Å². The minimum Gasteiger partial charge on any atom is -0.330 e. The number of nitrogens with two attached hydrogens (primary N) is 7. The van der Waals surface area contributed by atoms with Gasteiger partial charge in [0.2, 0.25) is 0 Å². The Morgan fingerprint density at radius 1 is 0.172 bits per heavy atom. The molecule has 7 nitrogen and oxygen atoms in total. The Kier molecular flexibility index (Phi) is 33.7. The molecule has 14 aromatic carbocycles. The molecule has 14 N–H and O–H groups in total.